The molecule has 3 aromatic rings. The van der Waals surface area contributed by atoms with Crippen LogP contribution in [0.3, 0.4) is 0 Å². The third-order valence-electron chi connectivity index (χ3n) is 8.02. The number of rotatable bonds is 16. The van der Waals surface area contributed by atoms with Gasteiger partial charge in [0.1, 0.15) is 11.9 Å². The lowest BCUT2D eigenvalue weighted by Gasteiger charge is -2.31. The van der Waals surface area contributed by atoms with Gasteiger partial charge in [-0.1, -0.05) is 60.7 Å². The molecule has 9 heteroatoms. The molecule has 240 valence electrons. The van der Waals surface area contributed by atoms with Crippen LogP contribution in [0.4, 0.5) is 10.5 Å². The molecular formula is C36H46N4O5. The van der Waals surface area contributed by atoms with Crippen molar-refractivity contribution in [3.05, 3.63) is 84.4 Å². The van der Waals surface area contributed by atoms with Crippen molar-refractivity contribution in [2.45, 2.75) is 63.9 Å². The van der Waals surface area contributed by atoms with Gasteiger partial charge in [0.05, 0.1) is 5.69 Å². The zero-order valence-corrected chi connectivity index (χ0v) is 26.0. The van der Waals surface area contributed by atoms with Gasteiger partial charge < -0.3 is 25.4 Å². The SMILES string of the molecule is O=C(CCCc1ccc(O)cc1)NCCCCCNC(=O)CCN1CCC(OC(=O)Nc2ccccc2-c2ccccc2)CC1. The van der Waals surface area contributed by atoms with Crippen molar-refractivity contribution in [2.24, 2.45) is 0 Å². The van der Waals surface area contributed by atoms with Crippen molar-refractivity contribution in [1.82, 2.24) is 15.5 Å². The van der Waals surface area contributed by atoms with Crippen LogP contribution in [-0.4, -0.2) is 66.7 Å². The van der Waals surface area contributed by atoms with Gasteiger partial charge in [-0.05, 0) is 74.3 Å². The summed E-state index contributed by atoms with van der Waals surface area (Å²) in [5.74, 6) is 0.359. The highest BCUT2D eigenvalue weighted by Gasteiger charge is 2.23. The van der Waals surface area contributed by atoms with E-state index in [1.165, 1.54) is 0 Å². The van der Waals surface area contributed by atoms with Crippen molar-refractivity contribution in [1.29, 1.82) is 0 Å². The van der Waals surface area contributed by atoms with Crippen LogP contribution in [-0.2, 0) is 20.7 Å². The fourth-order valence-electron chi connectivity index (χ4n) is 5.44. The highest BCUT2D eigenvalue weighted by molar-refractivity contribution is 5.91. The molecule has 1 saturated heterocycles. The van der Waals surface area contributed by atoms with E-state index in [0.29, 0.717) is 32.5 Å². The standard InChI is InChI=1S/C36H46N4O5/c41-30-18-16-28(17-19-30)10-9-15-34(42)37-23-7-2-8-24-38-35(43)22-27-40-25-20-31(21-26-40)45-36(44)39-33-14-6-5-13-32(33)29-11-3-1-4-12-29/h1,3-6,11-14,16-19,31,41H,2,7-10,15,20-27H2,(H,37,42)(H,38,43)(H,39,44). The number of unbranched alkanes of at least 4 members (excludes halogenated alkanes) is 2. The summed E-state index contributed by atoms with van der Waals surface area (Å²) in [6.45, 7) is 3.54. The van der Waals surface area contributed by atoms with Crippen LogP contribution in [0.2, 0.25) is 0 Å². The van der Waals surface area contributed by atoms with E-state index >= 15 is 0 Å². The average molecular weight is 615 g/mol. The number of piperidine rings is 1. The van der Waals surface area contributed by atoms with E-state index in [4.69, 9.17) is 4.74 Å². The van der Waals surface area contributed by atoms with Crippen LogP contribution in [0.5, 0.6) is 5.75 Å². The molecule has 0 bridgehead atoms. The van der Waals surface area contributed by atoms with Gasteiger partial charge in [0.2, 0.25) is 11.8 Å². The third-order valence-corrected chi connectivity index (χ3v) is 8.02. The zero-order chi connectivity index (χ0) is 31.7. The number of amides is 3. The lowest BCUT2D eigenvalue weighted by atomic mass is 10.0. The molecule has 9 nitrogen and oxygen atoms in total. The number of carbonyl (C=O) groups excluding carboxylic acids is 3. The molecular weight excluding hydrogens is 568 g/mol. The van der Waals surface area contributed by atoms with E-state index in [-0.39, 0.29) is 23.7 Å². The summed E-state index contributed by atoms with van der Waals surface area (Å²) in [6, 6.07) is 24.7. The number of carbonyl (C=O) groups is 3. The molecule has 1 aliphatic heterocycles. The lowest BCUT2D eigenvalue weighted by molar-refractivity contribution is -0.122. The number of aromatic hydroxyl groups is 1. The summed E-state index contributed by atoms with van der Waals surface area (Å²) in [5.41, 5.74) is 3.81. The smallest absolute Gasteiger partial charge is 0.411 e. The van der Waals surface area contributed by atoms with Gasteiger partial charge in [0.15, 0.2) is 0 Å². The van der Waals surface area contributed by atoms with Crippen LogP contribution in [0.25, 0.3) is 11.1 Å². The van der Waals surface area contributed by atoms with Gasteiger partial charge in [-0.3, -0.25) is 14.9 Å². The molecule has 3 amide bonds. The van der Waals surface area contributed by atoms with Crippen molar-refractivity contribution < 1.29 is 24.2 Å². The molecule has 4 rings (SSSR count). The van der Waals surface area contributed by atoms with E-state index < -0.39 is 6.09 Å². The molecule has 0 radical (unpaired) electrons. The van der Waals surface area contributed by atoms with E-state index in [0.717, 1.165) is 80.4 Å². The van der Waals surface area contributed by atoms with Crippen molar-refractivity contribution in [3.63, 3.8) is 0 Å². The predicted molar refractivity (Wildman–Crippen MR) is 177 cm³/mol. The summed E-state index contributed by atoms with van der Waals surface area (Å²) in [6.07, 6.45) is 6.11. The molecule has 0 aliphatic carbocycles. The maximum Gasteiger partial charge on any atom is 0.411 e. The number of likely N-dealkylation sites (tertiary alicyclic amines) is 1. The first-order valence-corrected chi connectivity index (χ1v) is 16.1. The number of hydrogen-bond acceptors (Lipinski definition) is 6. The summed E-state index contributed by atoms with van der Waals surface area (Å²) in [5, 5.41) is 18.2. The number of ether oxygens (including phenoxy) is 1. The highest BCUT2D eigenvalue weighted by atomic mass is 16.6. The Morgan fingerprint density at radius 2 is 1.40 bits per heavy atom. The second kappa shape index (κ2) is 18.4. The number of nitrogens with one attached hydrogen (secondary N) is 3. The molecule has 0 atom stereocenters. The van der Waals surface area contributed by atoms with Gasteiger partial charge >= 0.3 is 6.09 Å². The van der Waals surface area contributed by atoms with Gasteiger partial charge in [0.25, 0.3) is 0 Å². The second-order valence-corrected chi connectivity index (χ2v) is 11.5. The molecule has 3 aromatic carbocycles. The minimum absolute atomic E-state index is 0.0479. The zero-order valence-electron chi connectivity index (χ0n) is 26.0. The Hall–Kier alpha value is -4.37. The van der Waals surface area contributed by atoms with E-state index in [1.807, 2.05) is 66.7 Å². The maximum atomic E-state index is 12.6. The van der Waals surface area contributed by atoms with Gasteiger partial charge in [-0.15, -0.1) is 0 Å². The molecule has 0 spiro atoms. The van der Waals surface area contributed by atoms with E-state index in [2.05, 4.69) is 20.9 Å². The first-order chi connectivity index (χ1) is 22.0. The van der Waals surface area contributed by atoms with Crippen molar-refractivity contribution in [2.75, 3.05) is 38.0 Å². The van der Waals surface area contributed by atoms with Crippen molar-refractivity contribution in [3.8, 4) is 16.9 Å². The number of nitrogens with zero attached hydrogens (tertiary/aromatic N) is 1. The topological polar surface area (TPSA) is 120 Å². The van der Waals surface area contributed by atoms with Crippen LogP contribution in [0.1, 0.15) is 56.9 Å². The number of benzene rings is 3. The lowest BCUT2D eigenvalue weighted by Crippen LogP contribution is -2.40. The van der Waals surface area contributed by atoms with Gasteiger partial charge in [-0.2, -0.15) is 0 Å². The molecule has 1 heterocycles. The highest BCUT2D eigenvalue weighted by Crippen LogP contribution is 2.28. The van der Waals surface area contributed by atoms with Crippen LogP contribution < -0.4 is 16.0 Å². The number of anilines is 1. The average Bonchev–Trinajstić information content (AvgIpc) is 3.05. The third kappa shape index (κ3) is 12.3. The maximum absolute atomic E-state index is 12.6. The fraction of sp³-hybridized carbons (Fsp3) is 0.417. The van der Waals surface area contributed by atoms with Gasteiger partial charge in [-0.25, -0.2) is 4.79 Å². The van der Waals surface area contributed by atoms with Crippen LogP contribution in [0.15, 0.2) is 78.9 Å². The number of hydrogen-bond donors (Lipinski definition) is 4. The van der Waals surface area contributed by atoms with Crippen LogP contribution >= 0.6 is 0 Å². The minimum Gasteiger partial charge on any atom is -0.508 e. The Balaban J connectivity index is 0.991. The fourth-order valence-corrected chi connectivity index (χ4v) is 5.44. The minimum atomic E-state index is -0.444. The molecule has 45 heavy (non-hydrogen) atoms. The summed E-state index contributed by atoms with van der Waals surface area (Å²) in [7, 11) is 0. The summed E-state index contributed by atoms with van der Waals surface area (Å²) in [4.78, 5) is 39.2. The first kappa shape index (κ1) is 33.5. The van der Waals surface area contributed by atoms with Crippen molar-refractivity contribution >= 4 is 23.6 Å². The molecule has 1 fully saturated rings. The number of phenols is 1. The quantitative estimate of drug-likeness (QED) is 0.150. The normalized spacial score (nSPS) is 13.6. The first-order valence-electron chi connectivity index (χ1n) is 16.1. The summed E-state index contributed by atoms with van der Waals surface area (Å²) < 4.78 is 5.72. The summed E-state index contributed by atoms with van der Waals surface area (Å²) >= 11 is 0. The molecule has 4 N–H and O–H groups in total. The monoisotopic (exact) mass is 614 g/mol. The van der Waals surface area contributed by atoms with Crippen LogP contribution in [0, 0.1) is 0 Å². The largest absolute Gasteiger partial charge is 0.508 e. The number of phenolic OH excluding ortho intramolecular Hbond substituents is 1. The Labute approximate surface area is 266 Å². The second-order valence-electron chi connectivity index (χ2n) is 11.5. The predicted octanol–water partition coefficient (Wildman–Crippen LogP) is 5.89. The number of aryl methyl sites for hydroxylation is 1. The van der Waals surface area contributed by atoms with Gasteiger partial charge in [0, 0.05) is 51.1 Å². The molecule has 1 aliphatic rings. The van der Waals surface area contributed by atoms with E-state index in [1.54, 1.807) is 12.1 Å². The molecule has 0 saturated carbocycles. The molecule has 0 unspecified atom stereocenters. The Bertz CT molecular complexity index is 1340. The van der Waals surface area contributed by atoms with E-state index in [9.17, 15) is 19.5 Å². The Morgan fingerprint density at radius 1 is 0.756 bits per heavy atom. The molecule has 0 aromatic heterocycles. The number of para-hydroxylation sites is 1. The Kier molecular flexibility index (Phi) is 13.7. The Morgan fingerprint density at radius 3 is 2.11 bits per heavy atom.